The van der Waals surface area contributed by atoms with Crippen LogP contribution >= 0.6 is 0 Å². The number of aryl methyl sites for hydroxylation is 1. The van der Waals surface area contributed by atoms with Gasteiger partial charge in [-0.1, -0.05) is 0 Å². The van der Waals surface area contributed by atoms with E-state index in [0.29, 0.717) is 17.8 Å². The van der Waals surface area contributed by atoms with Crippen LogP contribution in [0, 0.1) is 18.8 Å². The summed E-state index contributed by atoms with van der Waals surface area (Å²) >= 11 is 0. The predicted octanol–water partition coefficient (Wildman–Crippen LogP) is 2.99. The molecule has 3 saturated carbocycles. The van der Waals surface area contributed by atoms with Crippen LogP contribution in [0.15, 0.2) is 18.5 Å². The lowest BCUT2D eigenvalue weighted by Gasteiger charge is -2.33. The fourth-order valence-corrected chi connectivity index (χ4v) is 5.59. The molecule has 1 aliphatic heterocycles. The monoisotopic (exact) mass is 379 g/mol. The topological polar surface area (TPSA) is 69.2 Å². The molecule has 6 heteroatoms. The van der Waals surface area contributed by atoms with Gasteiger partial charge >= 0.3 is 0 Å². The first-order valence-electron chi connectivity index (χ1n) is 10.8. The number of nitrogens with zero attached hydrogens (tertiary/aromatic N) is 4. The van der Waals surface area contributed by atoms with Crippen LogP contribution in [0.4, 0.5) is 5.82 Å². The lowest BCUT2D eigenvalue weighted by Crippen LogP contribution is -2.43. The van der Waals surface area contributed by atoms with E-state index in [0.717, 1.165) is 61.0 Å². The molecule has 3 heterocycles. The summed E-state index contributed by atoms with van der Waals surface area (Å²) in [6.07, 6.45) is 9.42. The number of pyridine rings is 1. The smallest absolute Gasteiger partial charge is 0.126 e. The number of hydrogen-bond acceptors (Lipinski definition) is 5. The van der Waals surface area contributed by atoms with Crippen molar-refractivity contribution < 1.29 is 4.74 Å². The van der Waals surface area contributed by atoms with E-state index in [9.17, 15) is 0 Å². The second kappa shape index (κ2) is 6.29. The molecule has 0 amide bonds. The molecule has 0 radical (unpaired) electrons. The molecule has 2 aromatic heterocycles. The molecule has 148 valence electrons. The summed E-state index contributed by atoms with van der Waals surface area (Å²) in [5.41, 5.74) is 9.08. The Hall–Kier alpha value is -1.92. The number of hydrogen-bond donors (Lipinski definition) is 1. The first-order valence-corrected chi connectivity index (χ1v) is 10.8. The lowest BCUT2D eigenvalue weighted by atomic mass is 10.1. The van der Waals surface area contributed by atoms with E-state index >= 15 is 0 Å². The van der Waals surface area contributed by atoms with Crippen molar-refractivity contribution in [2.45, 2.75) is 50.6 Å². The highest BCUT2D eigenvalue weighted by molar-refractivity contribution is 5.61. The fraction of sp³-hybridized carbons (Fsp3) is 0.636. The zero-order valence-corrected chi connectivity index (χ0v) is 16.6. The number of aromatic nitrogens is 3. The van der Waals surface area contributed by atoms with Crippen LogP contribution in [0.2, 0.25) is 0 Å². The largest absolute Gasteiger partial charge is 0.383 e. The highest BCUT2D eigenvalue weighted by Gasteiger charge is 2.58. The number of anilines is 1. The molecule has 0 bridgehead atoms. The van der Waals surface area contributed by atoms with Gasteiger partial charge in [-0.05, 0) is 56.1 Å². The van der Waals surface area contributed by atoms with Gasteiger partial charge in [-0.25, -0.2) is 9.97 Å². The van der Waals surface area contributed by atoms with Gasteiger partial charge in [0, 0.05) is 49.0 Å². The number of nitrogens with two attached hydrogens (primary N) is 1. The lowest BCUT2D eigenvalue weighted by molar-refractivity contribution is 0.0146. The number of imidazole rings is 1. The minimum absolute atomic E-state index is 0.608. The first kappa shape index (κ1) is 17.0. The predicted molar refractivity (Wildman–Crippen MR) is 108 cm³/mol. The summed E-state index contributed by atoms with van der Waals surface area (Å²) in [7, 11) is 0. The van der Waals surface area contributed by atoms with Gasteiger partial charge in [0.25, 0.3) is 0 Å². The van der Waals surface area contributed by atoms with E-state index in [1.165, 1.54) is 31.5 Å². The van der Waals surface area contributed by atoms with Crippen LogP contribution < -0.4 is 5.73 Å². The number of morpholine rings is 1. The van der Waals surface area contributed by atoms with Crippen molar-refractivity contribution in [3.8, 4) is 11.3 Å². The van der Waals surface area contributed by atoms with E-state index in [4.69, 9.17) is 15.5 Å². The molecular weight excluding hydrogens is 350 g/mol. The van der Waals surface area contributed by atoms with Crippen LogP contribution in [0.3, 0.4) is 0 Å². The highest BCUT2D eigenvalue weighted by atomic mass is 16.5. The van der Waals surface area contributed by atoms with Gasteiger partial charge in [0.05, 0.1) is 18.9 Å². The standard InChI is InChI=1S/C22H29N5O/c1-13-8-15(11-24-21(13)23)19-12-27(22(25-19)14-2-3-14)20-17-9-16(10-18(17)20)26-4-6-28-7-5-26/h8,11-12,14,16-18,20H,2-7,9-10H2,1H3,(H2,23,24)/t16?,17-,18+,20?. The summed E-state index contributed by atoms with van der Waals surface area (Å²) < 4.78 is 8.08. The van der Waals surface area contributed by atoms with Gasteiger partial charge < -0.3 is 15.0 Å². The quantitative estimate of drug-likeness (QED) is 0.884. The van der Waals surface area contributed by atoms with Crippen molar-refractivity contribution in [2.75, 3.05) is 32.0 Å². The summed E-state index contributed by atoms with van der Waals surface area (Å²) in [6.45, 7) is 6.05. The van der Waals surface area contributed by atoms with E-state index in [1.54, 1.807) is 0 Å². The van der Waals surface area contributed by atoms with Gasteiger partial charge in [0.2, 0.25) is 0 Å². The van der Waals surface area contributed by atoms with Crippen molar-refractivity contribution in [2.24, 2.45) is 11.8 Å². The molecular formula is C22H29N5O. The molecule has 28 heavy (non-hydrogen) atoms. The van der Waals surface area contributed by atoms with E-state index in [1.807, 2.05) is 13.1 Å². The van der Waals surface area contributed by atoms with E-state index in [2.05, 4.69) is 26.7 Å². The Kier molecular flexibility index (Phi) is 3.82. The third kappa shape index (κ3) is 2.77. The van der Waals surface area contributed by atoms with Crippen molar-refractivity contribution >= 4 is 5.82 Å². The number of ether oxygens (including phenoxy) is 1. The maximum absolute atomic E-state index is 5.91. The fourth-order valence-electron chi connectivity index (χ4n) is 5.59. The highest BCUT2D eigenvalue weighted by Crippen LogP contribution is 2.62. The molecule has 6 rings (SSSR count). The zero-order chi connectivity index (χ0) is 18.8. The Bertz CT molecular complexity index is 886. The maximum atomic E-state index is 5.91. The first-order chi connectivity index (χ1) is 13.7. The maximum Gasteiger partial charge on any atom is 0.126 e. The molecule has 0 spiro atoms. The second-order valence-corrected chi connectivity index (χ2v) is 9.18. The molecule has 4 aliphatic rings. The molecule has 2 aromatic rings. The van der Waals surface area contributed by atoms with E-state index < -0.39 is 0 Å². The van der Waals surface area contributed by atoms with Crippen molar-refractivity contribution in [1.29, 1.82) is 0 Å². The Morgan fingerprint density at radius 2 is 1.89 bits per heavy atom. The Labute approximate surface area is 166 Å². The van der Waals surface area contributed by atoms with Crippen molar-refractivity contribution in [3.05, 3.63) is 29.8 Å². The van der Waals surface area contributed by atoms with Crippen LogP contribution in [0.5, 0.6) is 0 Å². The van der Waals surface area contributed by atoms with Gasteiger partial charge in [0.1, 0.15) is 11.6 Å². The van der Waals surface area contributed by atoms with Crippen LogP contribution in [-0.4, -0.2) is 51.8 Å². The molecule has 1 saturated heterocycles. The van der Waals surface area contributed by atoms with Gasteiger partial charge in [-0.2, -0.15) is 0 Å². The van der Waals surface area contributed by atoms with Crippen LogP contribution in [-0.2, 0) is 4.74 Å². The minimum Gasteiger partial charge on any atom is -0.383 e. The number of rotatable bonds is 4. The average molecular weight is 380 g/mol. The molecule has 4 atom stereocenters. The average Bonchev–Trinajstić information content (AvgIpc) is 3.59. The van der Waals surface area contributed by atoms with Crippen LogP contribution in [0.25, 0.3) is 11.3 Å². The Morgan fingerprint density at radius 3 is 2.57 bits per heavy atom. The normalized spacial score (nSPS) is 32.5. The number of fused-ring (bicyclic) bond motifs is 1. The minimum atomic E-state index is 0.608. The Balaban J connectivity index is 1.24. The van der Waals surface area contributed by atoms with Gasteiger partial charge in [0.15, 0.2) is 0 Å². The molecule has 4 fully saturated rings. The van der Waals surface area contributed by atoms with Gasteiger partial charge in [-0.15, -0.1) is 0 Å². The van der Waals surface area contributed by atoms with Crippen molar-refractivity contribution in [1.82, 2.24) is 19.4 Å². The summed E-state index contributed by atoms with van der Waals surface area (Å²) in [5.74, 6) is 4.24. The third-order valence-corrected chi connectivity index (χ3v) is 7.38. The second-order valence-electron chi connectivity index (χ2n) is 9.18. The Morgan fingerprint density at radius 1 is 1.14 bits per heavy atom. The molecule has 2 N–H and O–H groups in total. The summed E-state index contributed by atoms with van der Waals surface area (Å²) in [6, 6.07) is 3.55. The van der Waals surface area contributed by atoms with E-state index in [-0.39, 0.29) is 0 Å². The third-order valence-electron chi connectivity index (χ3n) is 7.38. The molecule has 3 aliphatic carbocycles. The number of nitrogen functional groups attached to an aromatic ring is 1. The van der Waals surface area contributed by atoms with Gasteiger partial charge in [-0.3, -0.25) is 4.90 Å². The summed E-state index contributed by atoms with van der Waals surface area (Å²) in [4.78, 5) is 12.1. The molecule has 0 aromatic carbocycles. The van der Waals surface area contributed by atoms with Crippen LogP contribution in [0.1, 0.15) is 49.0 Å². The zero-order valence-electron chi connectivity index (χ0n) is 16.6. The molecule has 6 nitrogen and oxygen atoms in total. The SMILES string of the molecule is Cc1cc(-c2cn(C3[C@H]4CC(N5CCOCC5)C[C@@H]34)c(C3CC3)n2)cnc1N. The summed E-state index contributed by atoms with van der Waals surface area (Å²) in [5, 5.41) is 0. The molecule has 2 unspecified atom stereocenters. The van der Waals surface area contributed by atoms with Crippen molar-refractivity contribution in [3.63, 3.8) is 0 Å².